The lowest BCUT2D eigenvalue weighted by Crippen LogP contribution is -2.14. The van der Waals surface area contributed by atoms with E-state index in [2.05, 4.69) is 22.6 Å². The normalized spacial score (nSPS) is 11.0. The van der Waals surface area contributed by atoms with Crippen molar-refractivity contribution in [2.75, 3.05) is 33.5 Å². The molecule has 0 saturated carbocycles. The average molecular weight is 256 g/mol. The quantitative estimate of drug-likeness (QED) is 0.594. The van der Waals surface area contributed by atoms with Crippen LogP contribution in [0.1, 0.15) is 25.5 Å². The maximum absolute atomic E-state index is 5.46. The van der Waals surface area contributed by atoms with Gasteiger partial charge in [0.2, 0.25) is 0 Å². The summed E-state index contributed by atoms with van der Waals surface area (Å²) in [6.07, 6.45) is 4.02. The number of rotatable bonds is 11. The van der Waals surface area contributed by atoms with Crippen LogP contribution in [0, 0.1) is 0 Å². The van der Waals surface area contributed by atoms with Gasteiger partial charge in [0, 0.05) is 33.1 Å². The Bertz CT molecular complexity index is 304. The fourth-order valence-corrected chi connectivity index (χ4v) is 1.49. The van der Waals surface area contributed by atoms with Gasteiger partial charge in [0.05, 0.1) is 18.8 Å². The second kappa shape index (κ2) is 9.99. The van der Waals surface area contributed by atoms with E-state index in [0.717, 1.165) is 51.4 Å². The van der Waals surface area contributed by atoms with Crippen molar-refractivity contribution in [2.45, 2.75) is 32.9 Å². The molecule has 104 valence electrons. The summed E-state index contributed by atoms with van der Waals surface area (Å²) < 4.78 is 12.2. The van der Waals surface area contributed by atoms with Gasteiger partial charge in [0.1, 0.15) is 0 Å². The second-order valence-electron chi connectivity index (χ2n) is 4.11. The standard InChI is InChI=1S/C12H24N4O2/c1-3-5-13-10-12-11-16(15-14-12)6-9-18-8-4-7-17-2/h11,13H,3-10H2,1-2H3. The highest BCUT2D eigenvalue weighted by atomic mass is 16.5. The molecule has 0 aromatic carbocycles. The molecule has 0 atom stereocenters. The number of nitrogens with zero attached hydrogens (tertiary/aromatic N) is 3. The van der Waals surface area contributed by atoms with Gasteiger partial charge in [0.15, 0.2) is 0 Å². The molecule has 0 saturated heterocycles. The van der Waals surface area contributed by atoms with Crippen molar-refractivity contribution in [1.29, 1.82) is 0 Å². The van der Waals surface area contributed by atoms with E-state index >= 15 is 0 Å². The Hall–Kier alpha value is -0.980. The van der Waals surface area contributed by atoms with Crippen LogP contribution in [0.4, 0.5) is 0 Å². The Morgan fingerprint density at radius 3 is 3.00 bits per heavy atom. The minimum absolute atomic E-state index is 0.662. The maximum Gasteiger partial charge on any atom is 0.0964 e. The number of aromatic nitrogens is 3. The summed E-state index contributed by atoms with van der Waals surface area (Å²) in [5, 5.41) is 11.4. The molecular weight excluding hydrogens is 232 g/mol. The van der Waals surface area contributed by atoms with E-state index in [-0.39, 0.29) is 0 Å². The fraction of sp³-hybridized carbons (Fsp3) is 0.833. The minimum Gasteiger partial charge on any atom is -0.385 e. The predicted octanol–water partition coefficient (Wildman–Crippen LogP) is 0.831. The molecule has 1 heterocycles. The van der Waals surface area contributed by atoms with E-state index in [0.29, 0.717) is 6.61 Å². The highest BCUT2D eigenvalue weighted by Gasteiger charge is 1.99. The maximum atomic E-state index is 5.46. The Morgan fingerprint density at radius 2 is 2.22 bits per heavy atom. The number of ether oxygens (including phenoxy) is 2. The lowest BCUT2D eigenvalue weighted by Gasteiger charge is -2.03. The molecule has 0 aliphatic carbocycles. The van der Waals surface area contributed by atoms with Crippen molar-refractivity contribution in [1.82, 2.24) is 20.3 Å². The lowest BCUT2D eigenvalue weighted by atomic mass is 10.4. The van der Waals surface area contributed by atoms with Crippen molar-refractivity contribution in [3.05, 3.63) is 11.9 Å². The van der Waals surface area contributed by atoms with Crippen molar-refractivity contribution in [2.24, 2.45) is 0 Å². The summed E-state index contributed by atoms with van der Waals surface area (Å²) in [6.45, 7) is 6.81. The Kier molecular flexibility index (Phi) is 8.37. The van der Waals surface area contributed by atoms with Gasteiger partial charge in [0.25, 0.3) is 0 Å². The molecule has 0 bridgehead atoms. The monoisotopic (exact) mass is 256 g/mol. The highest BCUT2D eigenvalue weighted by Crippen LogP contribution is 1.93. The third kappa shape index (κ3) is 6.68. The number of hydrogen-bond acceptors (Lipinski definition) is 5. The summed E-state index contributed by atoms with van der Waals surface area (Å²) in [5.74, 6) is 0. The third-order valence-electron chi connectivity index (χ3n) is 2.42. The smallest absolute Gasteiger partial charge is 0.0964 e. The van der Waals surface area contributed by atoms with Crippen LogP contribution in [0.25, 0.3) is 0 Å². The van der Waals surface area contributed by atoms with E-state index in [9.17, 15) is 0 Å². The Morgan fingerprint density at radius 1 is 1.33 bits per heavy atom. The van der Waals surface area contributed by atoms with Gasteiger partial charge in [-0.2, -0.15) is 0 Å². The van der Waals surface area contributed by atoms with Crippen molar-refractivity contribution in [3.8, 4) is 0 Å². The van der Waals surface area contributed by atoms with Crippen LogP contribution in [0.3, 0.4) is 0 Å². The van der Waals surface area contributed by atoms with Crippen LogP contribution in [0.5, 0.6) is 0 Å². The third-order valence-corrected chi connectivity index (χ3v) is 2.42. The van der Waals surface area contributed by atoms with E-state index in [1.54, 1.807) is 7.11 Å². The Balaban J connectivity index is 2.07. The second-order valence-corrected chi connectivity index (χ2v) is 4.11. The largest absolute Gasteiger partial charge is 0.385 e. The van der Waals surface area contributed by atoms with Gasteiger partial charge in [-0.3, -0.25) is 0 Å². The molecule has 0 aliphatic rings. The zero-order valence-electron chi connectivity index (χ0n) is 11.4. The number of methoxy groups -OCH3 is 1. The zero-order valence-corrected chi connectivity index (χ0v) is 11.4. The molecule has 6 heteroatoms. The Labute approximate surface area is 109 Å². The summed E-state index contributed by atoms with van der Waals surface area (Å²) in [6, 6.07) is 0. The molecule has 18 heavy (non-hydrogen) atoms. The topological polar surface area (TPSA) is 61.2 Å². The molecule has 0 amide bonds. The molecule has 0 spiro atoms. The van der Waals surface area contributed by atoms with Crippen LogP contribution >= 0.6 is 0 Å². The molecule has 1 aromatic heterocycles. The van der Waals surface area contributed by atoms with E-state index in [4.69, 9.17) is 9.47 Å². The molecule has 1 rings (SSSR count). The van der Waals surface area contributed by atoms with Gasteiger partial charge in [-0.15, -0.1) is 5.10 Å². The van der Waals surface area contributed by atoms with Crippen molar-refractivity contribution in [3.63, 3.8) is 0 Å². The molecule has 0 fully saturated rings. The summed E-state index contributed by atoms with van der Waals surface area (Å²) in [4.78, 5) is 0. The molecule has 1 aromatic rings. The molecule has 0 unspecified atom stereocenters. The van der Waals surface area contributed by atoms with E-state index < -0.39 is 0 Å². The van der Waals surface area contributed by atoms with Gasteiger partial charge in [-0.25, -0.2) is 4.68 Å². The first-order chi connectivity index (χ1) is 8.86. The van der Waals surface area contributed by atoms with Crippen molar-refractivity contribution < 1.29 is 9.47 Å². The van der Waals surface area contributed by atoms with Gasteiger partial charge in [-0.05, 0) is 19.4 Å². The number of nitrogens with one attached hydrogen (secondary N) is 1. The van der Waals surface area contributed by atoms with Gasteiger partial charge >= 0.3 is 0 Å². The molecule has 1 N–H and O–H groups in total. The van der Waals surface area contributed by atoms with E-state index in [1.165, 1.54) is 0 Å². The molecular formula is C12H24N4O2. The first kappa shape index (κ1) is 15.1. The van der Waals surface area contributed by atoms with Gasteiger partial charge < -0.3 is 14.8 Å². The molecule has 6 nitrogen and oxygen atoms in total. The fourth-order valence-electron chi connectivity index (χ4n) is 1.49. The summed E-state index contributed by atoms with van der Waals surface area (Å²) in [7, 11) is 1.70. The first-order valence-corrected chi connectivity index (χ1v) is 6.53. The number of hydrogen-bond donors (Lipinski definition) is 1. The van der Waals surface area contributed by atoms with Gasteiger partial charge in [-0.1, -0.05) is 12.1 Å². The average Bonchev–Trinajstić information content (AvgIpc) is 2.82. The highest BCUT2D eigenvalue weighted by molar-refractivity contribution is 4.91. The van der Waals surface area contributed by atoms with E-state index in [1.807, 2.05) is 10.9 Å². The summed E-state index contributed by atoms with van der Waals surface area (Å²) in [5.41, 5.74) is 0.975. The molecule has 0 aliphatic heterocycles. The molecule has 0 radical (unpaired) electrons. The van der Waals surface area contributed by atoms with Crippen LogP contribution in [0.15, 0.2) is 6.20 Å². The lowest BCUT2D eigenvalue weighted by molar-refractivity contribution is 0.0958. The van der Waals surface area contributed by atoms with Crippen LogP contribution in [0.2, 0.25) is 0 Å². The van der Waals surface area contributed by atoms with Crippen LogP contribution in [-0.4, -0.2) is 48.5 Å². The summed E-state index contributed by atoms with van der Waals surface area (Å²) >= 11 is 0. The van der Waals surface area contributed by atoms with Crippen LogP contribution < -0.4 is 5.32 Å². The first-order valence-electron chi connectivity index (χ1n) is 6.53. The SMILES string of the molecule is CCCNCc1cn(CCOCCCOC)nn1. The van der Waals surface area contributed by atoms with Crippen LogP contribution in [-0.2, 0) is 22.6 Å². The zero-order chi connectivity index (χ0) is 13.1. The van der Waals surface area contributed by atoms with Crippen molar-refractivity contribution >= 4 is 0 Å². The predicted molar refractivity (Wildman–Crippen MR) is 69.3 cm³/mol. The minimum atomic E-state index is 0.662.